The molecule has 5 nitrogen and oxygen atoms in total. The number of hydrogen-bond donors (Lipinski definition) is 0. The van der Waals surface area contributed by atoms with Crippen molar-refractivity contribution in [2.24, 2.45) is 5.92 Å². The van der Waals surface area contributed by atoms with Gasteiger partial charge in [0.15, 0.2) is 5.78 Å². The average Bonchev–Trinajstić information content (AvgIpc) is 3.08. The maximum Gasteiger partial charge on any atom is 0.236 e. The second-order valence-corrected chi connectivity index (χ2v) is 7.92. The summed E-state index contributed by atoms with van der Waals surface area (Å²) in [5, 5.41) is 1.94. The molecule has 2 aliphatic rings. The molecule has 6 heteroatoms. The lowest BCUT2D eigenvalue weighted by atomic mass is 9.93. The third-order valence-electron chi connectivity index (χ3n) is 4.77. The van der Waals surface area contributed by atoms with E-state index in [2.05, 4.69) is 4.90 Å². The Morgan fingerprint density at radius 2 is 2.00 bits per heavy atom. The number of ether oxygens (including phenoxy) is 1. The molecule has 3 heterocycles. The first kappa shape index (κ1) is 17.6. The highest BCUT2D eigenvalue weighted by atomic mass is 32.1. The van der Waals surface area contributed by atoms with Gasteiger partial charge in [0.25, 0.3) is 0 Å². The van der Waals surface area contributed by atoms with E-state index in [4.69, 9.17) is 4.74 Å². The quantitative estimate of drug-likeness (QED) is 0.782. The van der Waals surface area contributed by atoms with Crippen molar-refractivity contribution >= 4 is 23.0 Å². The van der Waals surface area contributed by atoms with E-state index in [1.54, 1.807) is 0 Å². The van der Waals surface area contributed by atoms with Crippen LogP contribution in [-0.4, -0.2) is 66.4 Å². The molecular formula is C18H26N2O3S. The summed E-state index contributed by atoms with van der Waals surface area (Å²) in [7, 11) is 0. The molecule has 0 aromatic carbocycles. The average molecular weight is 350 g/mol. The van der Waals surface area contributed by atoms with Gasteiger partial charge in [0.2, 0.25) is 5.91 Å². The van der Waals surface area contributed by atoms with Crippen LogP contribution in [0.15, 0.2) is 17.5 Å². The van der Waals surface area contributed by atoms with Gasteiger partial charge in [-0.1, -0.05) is 6.07 Å². The van der Waals surface area contributed by atoms with Crippen LogP contribution in [0.25, 0.3) is 0 Å². The van der Waals surface area contributed by atoms with Gasteiger partial charge < -0.3 is 9.64 Å². The van der Waals surface area contributed by atoms with Crippen molar-refractivity contribution in [2.45, 2.75) is 38.9 Å². The summed E-state index contributed by atoms with van der Waals surface area (Å²) in [6, 6.07) is 3.82. The van der Waals surface area contributed by atoms with Gasteiger partial charge in [0.05, 0.1) is 23.6 Å². The standard InChI is InChI=1S/C18H26N2O3S/c1-13-9-20(10-14(2)23-13)17(21)12-19-7-3-5-15(11-19)18(22)16-6-4-8-24-16/h4,6,8,13-15H,3,5,7,9-12H2,1-2H3/t13-,14+,15?. The lowest BCUT2D eigenvalue weighted by Crippen LogP contribution is -2.52. The number of rotatable bonds is 4. The molecule has 0 N–H and O–H groups in total. The first-order valence-electron chi connectivity index (χ1n) is 8.76. The highest BCUT2D eigenvalue weighted by molar-refractivity contribution is 7.12. The summed E-state index contributed by atoms with van der Waals surface area (Å²) in [6.45, 7) is 7.34. The lowest BCUT2D eigenvalue weighted by Gasteiger charge is -2.37. The number of carbonyl (C=O) groups excluding carboxylic acids is 2. The van der Waals surface area contributed by atoms with Gasteiger partial charge in [-0.05, 0) is 44.7 Å². The van der Waals surface area contributed by atoms with Crippen molar-refractivity contribution in [1.29, 1.82) is 0 Å². The highest BCUT2D eigenvalue weighted by Crippen LogP contribution is 2.23. The summed E-state index contributed by atoms with van der Waals surface area (Å²) in [5.74, 6) is 0.407. The molecule has 3 atom stereocenters. The maximum atomic E-state index is 12.6. The van der Waals surface area contributed by atoms with Crippen LogP contribution in [0.4, 0.5) is 0 Å². The Kier molecular flexibility index (Phi) is 5.69. The van der Waals surface area contributed by atoms with Crippen LogP contribution in [0.3, 0.4) is 0 Å². The second kappa shape index (κ2) is 7.76. The van der Waals surface area contributed by atoms with Crippen molar-refractivity contribution in [3.63, 3.8) is 0 Å². The predicted octanol–water partition coefficient (Wildman–Crippen LogP) is 2.28. The van der Waals surface area contributed by atoms with Crippen molar-refractivity contribution in [3.05, 3.63) is 22.4 Å². The van der Waals surface area contributed by atoms with E-state index in [1.807, 2.05) is 36.3 Å². The number of hydrogen-bond acceptors (Lipinski definition) is 5. The largest absolute Gasteiger partial charge is 0.372 e. The first-order valence-corrected chi connectivity index (χ1v) is 9.64. The topological polar surface area (TPSA) is 49.9 Å². The molecule has 2 aliphatic heterocycles. The number of nitrogens with zero attached hydrogens (tertiary/aromatic N) is 2. The summed E-state index contributed by atoms with van der Waals surface area (Å²) in [4.78, 5) is 30.0. The second-order valence-electron chi connectivity index (χ2n) is 6.97. The van der Waals surface area contributed by atoms with Crippen molar-refractivity contribution < 1.29 is 14.3 Å². The summed E-state index contributed by atoms with van der Waals surface area (Å²) in [6.07, 6.45) is 2.08. The monoisotopic (exact) mass is 350 g/mol. The SMILES string of the molecule is C[C@@H]1CN(C(=O)CN2CCCC(C(=O)c3cccs3)C2)C[C@H](C)O1. The number of piperidine rings is 1. The van der Waals surface area contributed by atoms with Crippen molar-refractivity contribution in [1.82, 2.24) is 9.80 Å². The minimum atomic E-state index is 0.0211. The number of Topliss-reactive ketones (excluding diaryl/α,β-unsaturated/α-hetero) is 1. The first-order chi connectivity index (χ1) is 11.5. The Morgan fingerprint density at radius 1 is 1.25 bits per heavy atom. The van der Waals surface area contributed by atoms with Gasteiger partial charge in [0, 0.05) is 25.6 Å². The van der Waals surface area contributed by atoms with Crippen molar-refractivity contribution in [2.75, 3.05) is 32.7 Å². The van der Waals surface area contributed by atoms with Crippen LogP contribution in [-0.2, 0) is 9.53 Å². The maximum absolute atomic E-state index is 12.6. The van der Waals surface area contributed by atoms with Crippen molar-refractivity contribution in [3.8, 4) is 0 Å². The number of ketones is 1. The Morgan fingerprint density at radius 3 is 2.67 bits per heavy atom. The third kappa shape index (κ3) is 4.23. The minimum absolute atomic E-state index is 0.0211. The van der Waals surface area contributed by atoms with Gasteiger partial charge in [-0.2, -0.15) is 0 Å². The summed E-state index contributed by atoms with van der Waals surface area (Å²) < 4.78 is 5.70. The Hall–Kier alpha value is -1.24. The van der Waals surface area contributed by atoms with E-state index >= 15 is 0 Å². The molecular weight excluding hydrogens is 324 g/mol. The molecule has 132 valence electrons. The Labute approximate surface area is 147 Å². The van der Waals surface area contributed by atoms with Gasteiger partial charge in [-0.15, -0.1) is 11.3 Å². The molecule has 0 saturated carbocycles. The molecule has 2 saturated heterocycles. The molecule has 0 bridgehead atoms. The molecule has 3 rings (SSSR count). The number of morpholine rings is 1. The highest BCUT2D eigenvalue weighted by Gasteiger charge is 2.31. The zero-order chi connectivity index (χ0) is 17.1. The van der Waals surface area contributed by atoms with E-state index in [0.717, 1.165) is 24.3 Å². The Bertz CT molecular complexity index is 565. The molecule has 0 radical (unpaired) electrons. The molecule has 0 spiro atoms. The Balaban J connectivity index is 1.55. The lowest BCUT2D eigenvalue weighted by molar-refractivity contribution is -0.144. The number of thiophene rings is 1. The number of carbonyl (C=O) groups is 2. The van der Waals surface area contributed by atoms with Crippen LogP contribution in [0.1, 0.15) is 36.4 Å². The third-order valence-corrected chi connectivity index (χ3v) is 5.66. The van der Waals surface area contributed by atoms with Crippen LogP contribution in [0.5, 0.6) is 0 Å². The van der Waals surface area contributed by atoms with Gasteiger partial charge in [-0.3, -0.25) is 14.5 Å². The van der Waals surface area contributed by atoms with E-state index in [0.29, 0.717) is 26.2 Å². The zero-order valence-electron chi connectivity index (χ0n) is 14.4. The molecule has 2 fully saturated rings. The fourth-order valence-electron chi connectivity index (χ4n) is 3.71. The summed E-state index contributed by atoms with van der Waals surface area (Å²) in [5.41, 5.74) is 0. The van der Waals surface area contributed by atoms with Crippen LogP contribution >= 0.6 is 11.3 Å². The van der Waals surface area contributed by atoms with Crippen LogP contribution in [0.2, 0.25) is 0 Å². The fourth-order valence-corrected chi connectivity index (χ4v) is 4.45. The minimum Gasteiger partial charge on any atom is -0.372 e. The zero-order valence-corrected chi connectivity index (χ0v) is 15.3. The molecule has 24 heavy (non-hydrogen) atoms. The molecule has 1 aromatic heterocycles. The summed E-state index contributed by atoms with van der Waals surface area (Å²) >= 11 is 1.51. The fraction of sp³-hybridized carbons (Fsp3) is 0.667. The van der Waals surface area contributed by atoms with E-state index < -0.39 is 0 Å². The predicted molar refractivity (Wildman–Crippen MR) is 94.4 cm³/mol. The van der Waals surface area contributed by atoms with Crippen LogP contribution < -0.4 is 0 Å². The number of likely N-dealkylation sites (tertiary alicyclic amines) is 1. The van der Waals surface area contributed by atoms with Gasteiger partial charge >= 0.3 is 0 Å². The molecule has 1 aromatic rings. The van der Waals surface area contributed by atoms with E-state index in [9.17, 15) is 9.59 Å². The van der Waals surface area contributed by atoms with Crippen LogP contribution in [0, 0.1) is 5.92 Å². The van der Waals surface area contributed by atoms with E-state index in [1.165, 1.54) is 11.3 Å². The van der Waals surface area contributed by atoms with Gasteiger partial charge in [-0.25, -0.2) is 0 Å². The normalized spacial score (nSPS) is 28.8. The van der Waals surface area contributed by atoms with Gasteiger partial charge in [0.1, 0.15) is 0 Å². The van der Waals surface area contributed by atoms with E-state index in [-0.39, 0.29) is 29.8 Å². The molecule has 0 aliphatic carbocycles. The molecule has 1 amide bonds. The number of amides is 1. The smallest absolute Gasteiger partial charge is 0.236 e. The molecule has 1 unspecified atom stereocenters.